The van der Waals surface area contributed by atoms with Gasteiger partial charge in [-0.05, 0) is 66.4 Å². The second-order valence-corrected chi connectivity index (χ2v) is 10.3. The SMILES string of the molecule is O=C(Oc1ccccc1Cl)N1CCc2c([nH]c3ccc(Cl)cc23)C1c1ccc(OCCCn2ccnc2)cc1. The zero-order chi connectivity index (χ0) is 26.8. The molecule has 198 valence electrons. The molecule has 39 heavy (non-hydrogen) atoms. The molecule has 0 aliphatic carbocycles. The summed E-state index contributed by atoms with van der Waals surface area (Å²) in [5.41, 5.74) is 4.02. The van der Waals surface area contributed by atoms with Crippen molar-refractivity contribution < 1.29 is 14.3 Å². The van der Waals surface area contributed by atoms with Crippen LogP contribution in [-0.4, -0.2) is 38.7 Å². The summed E-state index contributed by atoms with van der Waals surface area (Å²) in [5, 5.41) is 2.13. The number of aryl methyl sites for hydroxylation is 1. The summed E-state index contributed by atoms with van der Waals surface area (Å²) < 4.78 is 13.7. The highest BCUT2D eigenvalue weighted by Crippen LogP contribution is 2.40. The second-order valence-electron chi connectivity index (χ2n) is 9.42. The van der Waals surface area contributed by atoms with Crippen LogP contribution in [0.15, 0.2) is 85.5 Å². The average Bonchev–Trinajstić information content (AvgIpc) is 3.60. The molecule has 0 fully saturated rings. The third-order valence-electron chi connectivity index (χ3n) is 6.94. The van der Waals surface area contributed by atoms with Crippen LogP contribution in [0.1, 0.15) is 29.3 Å². The van der Waals surface area contributed by atoms with Gasteiger partial charge in [-0.2, -0.15) is 0 Å². The van der Waals surface area contributed by atoms with E-state index in [0.717, 1.165) is 46.4 Å². The molecule has 0 saturated heterocycles. The summed E-state index contributed by atoms with van der Waals surface area (Å²) in [4.78, 5) is 22.9. The molecule has 2 aromatic heterocycles. The van der Waals surface area contributed by atoms with Gasteiger partial charge < -0.3 is 19.0 Å². The average molecular weight is 561 g/mol. The van der Waals surface area contributed by atoms with Crippen molar-refractivity contribution in [3.8, 4) is 11.5 Å². The van der Waals surface area contributed by atoms with E-state index in [4.69, 9.17) is 32.7 Å². The van der Waals surface area contributed by atoms with E-state index in [1.807, 2.05) is 53.2 Å². The van der Waals surface area contributed by atoms with E-state index in [9.17, 15) is 4.79 Å². The van der Waals surface area contributed by atoms with Gasteiger partial charge in [-0.1, -0.05) is 47.5 Å². The molecule has 1 N–H and O–H groups in total. The van der Waals surface area contributed by atoms with Crippen LogP contribution >= 0.6 is 23.2 Å². The molecule has 0 radical (unpaired) electrons. The lowest BCUT2D eigenvalue weighted by Gasteiger charge is -2.35. The minimum absolute atomic E-state index is 0.330. The lowest BCUT2D eigenvalue weighted by Crippen LogP contribution is -2.42. The van der Waals surface area contributed by atoms with E-state index in [2.05, 4.69) is 9.97 Å². The number of H-pyrrole nitrogens is 1. The van der Waals surface area contributed by atoms with Gasteiger partial charge in [0.1, 0.15) is 11.8 Å². The molecule has 1 aliphatic rings. The van der Waals surface area contributed by atoms with Gasteiger partial charge in [0, 0.05) is 47.1 Å². The minimum Gasteiger partial charge on any atom is -0.494 e. The van der Waals surface area contributed by atoms with Crippen molar-refractivity contribution in [2.75, 3.05) is 13.2 Å². The maximum atomic E-state index is 13.5. The van der Waals surface area contributed by atoms with Gasteiger partial charge in [-0.25, -0.2) is 9.78 Å². The van der Waals surface area contributed by atoms with Crippen LogP contribution in [0.3, 0.4) is 0 Å². The number of carbonyl (C=O) groups is 1. The Morgan fingerprint density at radius 2 is 1.92 bits per heavy atom. The summed E-state index contributed by atoms with van der Waals surface area (Å²) in [7, 11) is 0. The van der Waals surface area contributed by atoms with Crippen molar-refractivity contribution in [1.29, 1.82) is 0 Å². The first-order valence-electron chi connectivity index (χ1n) is 12.8. The number of amides is 1. The minimum atomic E-state index is -0.463. The number of hydrogen-bond acceptors (Lipinski definition) is 4. The van der Waals surface area contributed by atoms with Crippen LogP contribution < -0.4 is 9.47 Å². The molecule has 1 aliphatic heterocycles. The largest absolute Gasteiger partial charge is 0.494 e. The highest BCUT2D eigenvalue weighted by Gasteiger charge is 2.36. The molecule has 0 bridgehead atoms. The fourth-order valence-electron chi connectivity index (χ4n) is 5.09. The van der Waals surface area contributed by atoms with E-state index >= 15 is 0 Å². The quantitative estimate of drug-likeness (QED) is 0.212. The van der Waals surface area contributed by atoms with E-state index in [0.29, 0.717) is 35.4 Å². The van der Waals surface area contributed by atoms with Crippen molar-refractivity contribution in [3.63, 3.8) is 0 Å². The van der Waals surface area contributed by atoms with E-state index in [-0.39, 0.29) is 6.04 Å². The Morgan fingerprint density at radius 3 is 2.72 bits per heavy atom. The summed E-state index contributed by atoms with van der Waals surface area (Å²) in [6, 6.07) is 20.3. The maximum Gasteiger partial charge on any atom is 0.416 e. The van der Waals surface area contributed by atoms with Gasteiger partial charge in [0.25, 0.3) is 0 Å². The molecule has 7 nitrogen and oxygen atoms in total. The van der Waals surface area contributed by atoms with Crippen LogP contribution in [-0.2, 0) is 13.0 Å². The number of fused-ring (bicyclic) bond motifs is 3. The zero-order valence-corrected chi connectivity index (χ0v) is 22.5. The number of ether oxygens (including phenoxy) is 2. The molecular formula is C30H26Cl2N4O3. The third-order valence-corrected chi connectivity index (χ3v) is 7.49. The van der Waals surface area contributed by atoms with Gasteiger partial charge in [0.15, 0.2) is 5.75 Å². The molecule has 1 atom stereocenters. The Kier molecular flexibility index (Phi) is 7.18. The first-order chi connectivity index (χ1) is 19.1. The first kappa shape index (κ1) is 25.3. The lowest BCUT2D eigenvalue weighted by atomic mass is 9.92. The monoisotopic (exact) mass is 560 g/mol. The van der Waals surface area contributed by atoms with Crippen molar-refractivity contribution in [2.45, 2.75) is 25.4 Å². The molecule has 9 heteroatoms. The van der Waals surface area contributed by atoms with Crippen LogP contribution in [0.2, 0.25) is 10.0 Å². The number of aromatic amines is 1. The van der Waals surface area contributed by atoms with Crippen molar-refractivity contribution >= 4 is 40.2 Å². The Hall–Kier alpha value is -3.94. The molecule has 1 amide bonds. The summed E-state index contributed by atoms with van der Waals surface area (Å²) in [5.74, 6) is 1.10. The number of benzene rings is 3. The molecular weight excluding hydrogens is 535 g/mol. The maximum absolute atomic E-state index is 13.5. The Labute approximate surface area is 235 Å². The number of nitrogens with one attached hydrogen (secondary N) is 1. The number of imidazole rings is 1. The topological polar surface area (TPSA) is 72.4 Å². The molecule has 0 spiro atoms. The Balaban J connectivity index is 1.27. The summed E-state index contributed by atoms with van der Waals surface area (Å²) in [6.07, 6.45) is 6.58. The number of nitrogens with zero attached hydrogens (tertiary/aromatic N) is 3. The zero-order valence-electron chi connectivity index (χ0n) is 21.0. The number of halogens is 2. The van der Waals surface area contributed by atoms with Crippen LogP contribution in [0.5, 0.6) is 11.5 Å². The van der Waals surface area contributed by atoms with Gasteiger partial charge in [-0.15, -0.1) is 0 Å². The molecule has 6 rings (SSSR count). The fraction of sp³-hybridized carbons (Fsp3) is 0.200. The van der Waals surface area contributed by atoms with E-state index in [1.165, 1.54) is 0 Å². The Bertz CT molecular complexity index is 1600. The third kappa shape index (κ3) is 5.33. The van der Waals surface area contributed by atoms with Crippen LogP contribution in [0.25, 0.3) is 10.9 Å². The standard InChI is InChI=1S/C30H26Cl2N4O3/c31-21-8-11-26-24(18-21)23-12-15-36(30(37)39-27-5-2-1-4-25(27)32)29(28(23)34-26)20-6-9-22(10-7-20)38-17-3-14-35-16-13-33-19-35/h1-2,4-11,13,16,18-19,29,34H,3,12,14-15,17H2. The fourth-order valence-corrected chi connectivity index (χ4v) is 5.43. The normalized spacial score (nSPS) is 14.8. The molecule has 1 unspecified atom stereocenters. The first-order valence-corrected chi connectivity index (χ1v) is 13.5. The number of aromatic nitrogens is 3. The number of carbonyl (C=O) groups excluding carboxylic acids is 1. The van der Waals surface area contributed by atoms with E-state index in [1.54, 1.807) is 41.7 Å². The number of rotatable bonds is 7. The second kappa shape index (κ2) is 11.0. The number of para-hydroxylation sites is 1. The molecule has 0 saturated carbocycles. The van der Waals surface area contributed by atoms with Gasteiger partial charge in [-0.3, -0.25) is 4.90 Å². The van der Waals surface area contributed by atoms with Crippen LogP contribution in [0, 0.1) is 0 Å². The van der Waals surface area contributed by atoms with Crippen molar-refractivity contribution in [1.82, 2.24) is 19.4 Å². The Morgan fingerprint density at radius 1 is 1.08 bits per heavy atom. The highest BCUT2D eigenvalue weighted by atomic mass is 35.5. The van der Waals surface area contributed by atoms with E-state index < -0.39 is 6.09 Å². The van der Waals surface area contributed by atoms with Gasteiger partial charge in [0.05, 0.1) is 18.0 Å². The van der Waals surface area contributed by atoms with Gasteiger partial charge in [0.2, 0.25) is 0 Å². The van der Waals surface area contributed by atoms with Gasteiger partial charge >= 0.3 is 6.09 Å². The lowest BCUT2D eigenvalue weighted by molar-refractivity contribution is 0.135. The number of hydrogen-bond donors (Lipinski definition) is 1. The highest BCUT2D eigenvalue weighted by molar-refractivity contribution is 6.32. The summed E-state index contributed by atoms with van der Waals surface area (Å²) in [6.45, 7) is 1.91. The predicted octanol–water partition coefficient (Wildman–Crippen LogP) is 7.29. The molecule has 3 aromatic carbocycles. The molecule has 5 aromatic rings. The molecule has 3 heterocycles. The van der Waals surface area contributed by atoms with Crippen LogP contribution in [0.4, 0.5) is 4.79 Å². The van der Waals surface area contributed by atoms with Crippen molar-refractivity contribution in [2.24, 2.45) is 0 Å². The smallest absolute Gasteiger partial charge is 0.416 e. The summed E-state index contributed by atoms with van der Waals surface area (Å²) >= 11 is 12.6. The predicted molar refractivity (Wildman–Crippen MR) is 152 cm³/mol. The van der Waals surface area contributed by atoms with Crippen molar-refractivity contribution in [3.05, 3.63) is 112 Å².